The van der Waals surface area contributed by atoms with Crippen LogP contribution in [-0.4, -0.2) is 76.2 Å². The minimum absolute atomic E-state index is 0.0304. The number of ether oxygens (including phenoxy) is 3. The molecule has 0 aromatic rings. The van der Waals surface area contributed by atoms with Crippen molar-refractivity contribution >= 4 is 35.6 Å². The molecular weight excluding hydrogens is 514 g/mol. The van der Waals surface area contributed by atoms with E-state index in [1.54, 1.807) is 13.8 Å². The zero-order chi connectivity index (χ0) is 30.4. The molecule has 0 bridgehead atoms. The fourth-order valence-electron chi connectivity index (χ4n) is 3.52. The van der Waals surface area contributed by atoms with Crippen LogP contribution in [0.25, 0.3) is 0 Å². The predicted molar refractivity (Wildman–Crippen MR) is 139 cm³/mol. The standard InChI is InChI=1S/C27H45NO11/c1-9-16(6)24(25(34)28-19(10-14(2)3)20(29)13-22(31)32)39-26(35)18(8)38-23(33)12-17(7)37-27(36)21(30)11-15(4)5/h14-19,21,24,30H,9-13H2,1-8H3,(H,28,34)(H,31,32)/t16?,17-,18+,19+,21+,24+/m1/s1. The fourth-order valence-corrected chi connectivity index (χ4v) is 3.52. The molecule has 0 saturated heterocycles. The number of amides is 1. The first-order chi connectivity index (χ1) is 18.0. The Morgan fingerprint density at radius 3 is 1.85 bits per heavy atom. The summed E-state index contributed by atoms with van der Waals surface area (Å²) in [5, 5.41) is 21.3. The van der Waals surface area contributed by atoms with Gasteiger partial charge in [-0.1, -0.05) is 41.5 Å². The van der Waals surface area contributed by atoms with Crippen LogP contribution in [0.1, 0.15) is 87.5 Å². The van der Waals surface area contributed by atoms with E-state index in [9.17, 15) is 33.9 Å². The molecule has 224 valence electrons. The minimum Gasteiger partial charge on any atom is -0.481 e. The first-order valence-electron chi connectivity index (χ1n) is 13.3. The number of ketones is 1. The summed E-state index contributed by atoms with van der Waals surface area (Å²) in [7, 11) is 0. The van der Waals surface area contributed by atoms with Gasteiger partial charge >= 0.3 is 23.9 Å². The molecule has 12 nitrogen and oxygen atoms in total. The highest BCUT2D eigenvalue weighted by Gasteiger charge is 2.34. The van der Waals surface area contributed by atoms with Gasteiger partial charge in [0.15, 0.2) is 24.1 Å². The van der Waals surface area contributed by atoms with Crippen LogP contribution in [-0.2, 0) is 43.0 Å². The minimum atomic E-state index is -1.40. The van der Waals surface area contributed by atoms with Crippen molar-refractivity contribution in [2.45, 2.75) is 118 Å². The van der Waals surface area contributed by atoms with Crippen molar-refractivity contribution in [3.05, 3.63) is 0 Å². The molecule has 39 heavy (non-hydrogen) atoms. The molecule has 0 aromatic heterocycles. The Hall–Kier alpha value is -3.02. The number of Topliss-reactive ketones (excluding diaryl/α,β-unsaturated/α-hetero) is 1. The van der Waals surface area contributed by atoms with Crippen molar-refractivity contribution in [1.82, 2.24) is 5.32 Å². The summed E-state index contributed by atoms with van der Waals surface area (Å²) in [6.45, 7) is 13.4. The Labute approximate surface area is 230 Å². The molecule has 0 aliphatic heterocycles. The highest BCUT2D eigenvalue weighted by atomic mass is 16.6. The number of carboxylic acids is 1. The average Bonchev–Trinajstić information content (AvgIpc) is 2.79. The maximum Gasteiger partial charge on any atom is 0.347 e. The van der Waals surface area contributed by atoms with Gasteiger partial charge in [0.05, 0.1) is 12.5 Å². The van der Waals surface area contributed by atoms with Crippen molar-refractivity contribution in [1.29, 1.82) is 0 Å². The van der Waals surface area contributed by atoms with Crippen LogP contribution in [0.2, 0.25) is 0 Å². The van der Waals surface area contributed by atoms with Crippen molar-refractivity contribution in [3.8, 4) is 0 Å². The van der Waals surface area contributed by atoms with Crippen LogP contribution >= 0.6 is 0 Å². The van der Waals surface area contributed by atoms with Gasteiger partial charge in [0, 0.05) is 5.92 Å². The molecule has 1 unspecified atom stereocenters. The third-order valence-corrected chi connectivity index (χ3v) is 5.78. The summed E-state index contributed by atoms with van der Waals surface area (Å²) in [6, 6.07) is -1.07. The summed E-state index contributed by atoms with van der Waals surface area (Å²) in [5.74, 6) is -5.92. The summed E-state index contributed by atoms with van der Waals surface area (Å²) in [5.41, 5.74) is 0. The number of carboxylic acid groups (broad SMARTS) is 1. The number of hydrogen-bond donors (Lipinski definition) is 3. The van der Waals surface area contributed by atoms with Crippen LogP contribution in [0, 0.1) is 17.8 Å². The maximum absolute atomic E-state index is 13.0. The lowest BCUT2D eigenvalue weighted by Crippen LogP contribution is -2.50. The van der Waals surface area contributed by atoms with Crippen molar-refractivity contribution < 1.29 is 53.2 Å². The molecule has 6 atom stereocenters. The van der Waals surface area contributed by atoms with Gasteiger partial charge in [0.1, 0.15) is 12.5 Å². The number of rotatable bonds is 18. The summed E-state index contributed by atoms with van der Waals surface area (Å²) >= 11 is 0. The number of hydrogen-bond acceptors (Lipinski definition) is 10. The molecule has 0 radical (unpaired) electrons. The van der Waals surface area contributed by atoms with Crippen molar-refractivity contribution in [2.75, 3.05) is 0 Å². The molecule has 0 saturated carbocycles. The first-order valence-corrected chi connectivity index (χ1v) is 13.3. The van der Waals surface area contributed by atoms with Crippen LogP contribution in [0.5, 0.6) is 0 Å². The molecule has 0 aliphatic rings. The summed E-state index contributed by atoms with van der Waals surface area (Å²) in [4.78, 5) is 73.2. The quantitative estimate of drug-likeness (QED) is 0.127. The van der Waals surface area contributed by atoms with E-state index in [4.69, 9.17) is 19.3 Å². The van der Waals surface area contributed by atoms with Crippen LogP contribution < -0.4 is 5.32 Å². The predicted octanol–water partition coefficient (Wildman–Crippen LogP) is 2.18. The molecule has 0 aromatic carbocycles. The Bertz CT molecular complexity index is 855. The lowest BCUT2D eigenvalue weighted by molar-refractivity contribution is -0.176. The SMILES string of the molecule is CCC(C)[C@H](OC(=O)[C@H](C)OC(=O)C[C@@H](C)OC(=O)[C@@H](O)CC(C)C)C(=O)N[C@@H](CC(C)C)C(=O)CC(=O)O. The van der Waals surface area contributed by atoms with Gasteiger partial charge in [-0.2, -0.15) is 0 Å². The fraction of sp³-hybridized carbons (Fsp3) is 0.778. The number of aliphatic hydroxyl groups excluding tert-OH is 1. The Kier molecular flexibility index (Phi) is 16.2. The number of nitrogens with one attached hydrogen (secondary N) is 1. The second kappa shape index (κ2) is 17.5. The normalized spacial score (nSPS) is 15.9. The molecule has 0 spiro atoms. The van der Waals surface area contributed by atoms with E-state index in [-0.39, 0.29) is 31.1 Å². The second-order valence-corrected chi connectivity index (χ2v) is 10.7. The van der Waals surface area contributed by atoms with Gasteiger partial charge < -0.3 is 29.7 Å². The van der Waals surface area contributed by atoms with Crippen molar-refractivity contribution in [3.63, 3.8) is 0 Å². The zero-order valence-corrected chi connectivity index (χ0v) is 24.2. The molecule has 0 heterocycles. The number of carbonyl (C=O) groups excluding carboxylic acids is 5. The van der Waals surface area contributed by atoms with Crippen LogP contribution in [0.4, 0.5) is 0 Å². The van der Waals surface area contributed by atoms with Crippen LogP contribution in [0.3, 0.4) is 0 Å². The molecule has 12 heteroatoms. The first kappa shape index (κ1) is 36.0. The summed E-state index contributed by atoms with van der Waals surface area (Å²) < 4.78 is 15.5. The molecule has 0 aliphatic carbocycles. The Morgan fingerprint density at radius 1 is 0.795 bits per heavy atom. The van der Waals surface area contributed by atoms with Gasteiger partial charge in [0.25, 0.3) is 5.91 Å². The number of aliphatic hydroxyl groups is 1. The van der Waals surface area contributed by atoms with Gasteiger partial charge in [-0.15, -0.1) is 0 Å². The smallest absolute Gasteiger partial charge is 0.347 e. The van der Waals surface area contributed by atoms with Gasteiger partial charge in [-0.25, -0.2) is 9.59 Å². The number of esters is 3. The maximum atomic E-state index is 13.0. The second-order valence-electron chi connectivity index (χ2n) is 10.7. The van der Waals surface area contributed by atoms with Crippen molar-refractivity contribution in [2.24, 2.45) is 17.8 Å². The molecule has 3 N–H and O–H groups in total. The monoisotopic (exact) mass is 559 g/mol. The zero-order valence-electron chi connectivity index (χ0n) is 24.2. The molecule has 0 fully saturated rings. The summed E-state index contributed by atoms with van der Waals surface area (Å²) in [6.07, 6.45) is -5.26. The third-order valence-electron chi connectivity index (χ3n) is 5.78. The Morgan fingerprint density at radius 2 is 1.36 bits per heavy atom. The average molecular weight is 560 g/mol. The lowest BCUT2D eigenvalue weighted by Gasteiger charge is -2.27. The van der Waals surface area contributed by atoms with Gasteiger partial charge in [-0.3, -0.25) is 19.2 Å². The highest BCUT2D eigenvalue weighted by molar-refractivity contribution is 6.00. The number of carbonyl (C=O) groups is 6. The largest absolute Gasteiger partial charge is 0.481 e. The van der Waals surface area contributed by atoms with E-state index < -0.39 is 78.4 Å². The highest BCUT2D eigenvalue weighted by Crippen LogP contribution is 2.16. The third kappa shape index (κ3) is 14.6. The lowest BCUT2D eigenvalue weighted by atomic mass is 9.96. The topological polar surface area (TPSA) is 183 Å². The Balaban J connectivity index is 5.21. The van der Waals surface area contributed by atoms with E-state index >= 15 is 0 Å². The van der Waals surface area contributed by atoms with Gasteiger partial charge in [-0.05, 0) is 44.9 Å². The van der Waals surface area contributed by atoms with Crippen LogP contribution in [0.15, 0.2) is 0 Å². The van der Waals surface area contributed by atoms with E-state index in [0.29, 0.717) is 6.42 Å². The molecule has 1 amide bonds. The van der Waals surface area contributed by atoms with E-state index in [1.165, 1.54) is 13.8 Å². The molecule has 0 rings (SSSR count). The van der Waals surface area contributed by atoms with E-state index in [0.717, 1.165) is 0 Å². The number of aliphatic carboxylic acids is 1. The van der Waals surface area contributed by atoms with Gasteiger partial charge in [0.2, 0.25) is 0 Å². The van der Waals surface area contributed by atoms with E-state index in [1.807, 2.05) is 27.7 Å². The molecular formula is C27H45NO11. The van der Waals surface area contributed by atoms with E-state index in [2.05, 4.69) is 5.32 Å².